The highest BCUT2D eigenvalue weighted by Gasteiger charge is 2.44. The number of aromatic nitrogens is 7. The summed E-state index contributed by atoms with van der Waals surface area (Å²) >= 11 is 0. The van der Waals surface area contributed by atoms with Crippen molar-refractivity contribution in [3.05, 3.63) is 399 Å². The van der Waals surface area contributed by atoms with Crippen molar-refractivity contribution in [1.29, 1.82) is 0 Å². The Labute approximate surface area is 700 Å². The van der Waals surface area contributed by atoms with Crippen LogP contribution >= 0.6 is 0 Å². The lowest BCUT2D eigenvalue weighted by Crippen LogP contribution is -2.61. The van der Waals surface area contributed by atoms with Crippen LogP contribution in [0.25, 0.3) is 151 Å². The Morgan fingerprint density at radius 1 is 0.233 bits per heavy atom. The summed E-state index contributed by atoms with van der Waals surface area (Å²) in [6, 6.07) is 141. The normalized spacial score (nSPS) is 12.1. The smallest absolute Gasteiger partial charge is 0.252 e. The zero-order valence-corrected chi connectivity index (χ0v) is 66.8. The summed E-state index contributed by atoms with van der Waals surface area (Å²) in [4.78, 5) is 37.3. The molecule has 0 aliphatic carbocycles. The maximum absolute atomic E-state index is 5.51. The molecule has 9 nitrogen and oxygen atoms in total. The lowest BCUT2D eigenvalue weighted by atomic mass is 9.33. The van der Waals surface area contributed by atoms with Gasteiger partial charge in [0.1, 0.15) is 0 Å². The third-order valence-corrected chi connectivity index (χ3v) is 23.8. The molecule has 120 heavy (non-hydrogen) atoms. The van der Waals surface area contributed by atoms with Gasteiger partial charge in [0.25, 0.3) is 6.71 Å². The van der Waals surface area contributed by atoms with Gasteiger partial charge in [0.05, 0.1) is 16.7 Å². The summed E-state index contributed by atoms with van der Waals surface area (Å²) in [7, 11) is 0. The number of fused-ring (bicyclic) bond motifs is 7. The van der Waals surface area contributed by atoms with Gasteiger partial charge in [0.15, 0.2) is 34.9 Å². The average molecular weight is 1540 g/mol. The van der Waals surface area contributed by atoms with Gasteiger partial charge in [-0.2, -0.15) is 0 Å². The molecule has 0 atom stereocenters. The Kier molecular flexibility index (Phi) is 19.1. The van der Waals surface area contributed by atoms with E-state index in [-0.39, 0.29) is 6.71 Å². The van der Waals surface area contributed by atoms with Crippen molar-refractivity contribution in [1.82, 2.24) is 34.5 Å². The van der Waals surface area contributed by atoms with Crippen LogP contribution in [0.1, 0.15) is 50.7 Å². The van der Waals surface area contributed by atoms with Crippen molar-refractivity contribution in [2.24, 2.45) is 0 Å². The maximum atomic E-state index is 5.51. The minimum absolute atomic E-state index is 0.140. The highest BCUT2D eigenvalue weighted by molar-refractivity contribution is 7.00. The van der Waals surface area contributed by atoms with Crippen molar-refractivity contribution in [2.75, 3.05) is 9.80 Å². The van der Waals surface area contributed by atoms with Crippen LogP contribution in [0.4, 0.5) is 34.1 Å². The summed E-state index contributed by atoms with van der Waals surface area (Å²) in [5, 5.41) is 2.18. The number of rotatable bonds is 20. The van der Waals surface area contributed by atoms with Gasteiger partial charge >= 0.3 is 0 Å². The van der Waals surface area contributed by atoms with E-state index >= 15 is 0 Å². The molecule has 16 aromatic carbocycles. The van der Waals surface area contributed by atoms with Crippen LogP contribution in [0.5, 0.6) is 0 Å². The first-order valence-electron chi connectivity index (χ1n) is 41.9. The van der Waals surface area contributed by atoms with Crippen LogP contribution in [0.2, 0.25) is 0 Å². The topological polar surface area (TPSA) is 88.8 Å². The van der Waals surface area contributed by atoms with E-state index in [1.54, 1.807) is 0 Å². The number of hydrogen-bond donors (Lipinski definition) is 0. The predicted molar refractivity (Wildman–Crippen MR) is 499 cm³/mol. The minimum atomic E-state index is -0.140. The molecule has 0 spiro atoms. The van der Waals surface area contributed by atoms with Crippen LogP contribution in [0, 0.1) is 0 Å². The van der Waals surface area contributed by atoms with Gasteiger partial charge in [-0.25, -0.2) is 29.9 Å². The van der Waals surface area contributed by atoms with Crippen LogP contribution < -0.4 is 26.2 Å². The number of para-hydroxylation sites is 1. The van der Waals surface area contributed by atoms with E-state index in [1.807, 2.05) is 97.1 Å². The van der Waals surface area contributed by atoms with Gasteiger partial charge in [-0.3, -0.25) is 0 Å². The molecule has 19 aromatic rings. The summed E-state index contributed by atoms with van der Waals surface area (Å²) in [6.07, 6.45) is 6.29. The molecule has 0 saturated carbocycles. The highest BCUT2D eigenvalue weighted by Crippen LogP contribution is 2.51. The number of hydrogen-bond acceptors (Lipinski definition) is 8. The Bertz CT molecular complexity index is 6610. The first kappa shape index (κ1) is 72.7. The van der Waals surface area contributed by atoms with Crippen LogP contribution in [0.3, 0.4) is 0 Å². The Hall–Kier alpha value is -15.0. The Morgan fingerprint density at radius 2 is 0.575 bits per heavy atom. The average Bonchev–Trinajstić information content (AvgIpc) is 0.783. The van der Waals surface area contributed by atoms with Gasteiger partial charge in [-0.15, -0.1) is 0 Å². The van der Waals surface area contributed by atoms with E-state index in [1.165, 1.54) is 38.9 Å². The fourth-order valence-corrected chi connectivity index (χ4v) is 17.9. The second-order valence-corrected chi connectivity index (χ2v) is 31.4. The molecule has 0 saturated heterocycles. The maximum Gasteiger partial charge on any atom is 0.252 e. The first-order chi connectivity index (χ1) is 59.4. The third kappa shape index (κ3) is 13.7. The molecule has 0 radical (unpaired) electrons. The van der Waals surface area contributed by atoms with Crippen molar-refractivity contribution in [3.63, 3.8) is 0 Å². The van der Waals surface area contributed by atoms with E-state index < -0.39 is 0 Å². The zero-order valence-electron chi connectivity index (χ0n) is 66.8. The molecule has 10 heteroatoms. The monoisotopic (exact) mass is 1540 g/mol. The second-order valence-electron chi connectivity index (χ2n) is 31.4. The van der Waals surface area contributed by atoms with Gasteiger partial charge in [-0.1, -0.05) is 318 Å². The fraction of sp³-hybridized carbons (Fsp3) is 0.0727. The quantitative estimate of drug-likeness (QED) is 0.0698. The van der Waals surface area contributed by atoms with Crippen molar-refractivity contribution < 1.29 is 0 Å². The second kappa shape index (κ2) is 31.6. The molecule has 0 unspecified atom stereocenters. The molecule has 2 aliphatic heterocycles. The van der Waals surface area contributed by atoms with Gasteiger partial charge < -0.3 is 14.4 Å². The molecule has 2 aliphatic rings. The SMILES string of the molecule is CCCCc1ccc2c(c1)N(c1cc(-c3ccccc3)cc(-c3ccccc3)c1)c1cc(-c3ccc4c(c3)c3ccccc3n4-c3ccc(-c4nc(-c5ccccc5)nc(-c5ccccc5)n4)cc3-c3nc(-c4ccccc4)nc(-c4ccccc4)n3)cc3c1B2c1ccc(CCCC)cc1N3c1cc(-c2ccccc2)cc(-c2ccccc2)c1. The van der Waals surface area contributed by atoms with Crippen LogP contribution in [-0.2, 0) is 12.8 Å². The summed E-state index contributed by atoms with van der Waals surface area (Å²) in [6.45, 7) is 4.46. The molecule has 3 aromatic heterocycles. The highest BCUT2D eigenvalue weighted by atomic mass is 15.2. The number of nitrogens with zero attached hydrogens (tertiary/aromatic N) is 9. The van der Waals surface area contributed by atoms with E-state index in [4.69, 9.17) is 29.9 Å². The van der Waals surface area contributed by atoms with E-state index in [0.717, 1.165) is 178 Å². The zero-order chi connectivity index (χ0) is 80.0. The number of aryl methyl sites for hydroxylation is 2. The lowest BCUT2D eigenvalue weighted by Gasteiger charge is -2.45. The van der Waals surface area contributed by atoms with Gasteiger partial charge in [0, 0.05) is 78.3 Å². The number of benzene rings is 16. The van der Waals surface area contributed by atoms with E-state index in [0.29, 0.717) is 34.9 Å². The Morgan fingerprint density at radius 3 is 0.975 bits per heavy atom. The minimum Gasteiger partial charge on any atom is -0.311 e. The molecule has 21 rings (SSSR count). The molecule has 0 amide bonds. The number of unbranched alkanes of at least 4 members (excludes halogenated alkanes) is 2. The summed E-state index contributed by atoms with van der Waals surface area (Å²) in [5.74, 6) is 3.24. The number of anilines is 6. The Balaban J connectivity index is 0.835. The predicted octanol–water partition coefficient (Wildman–Crippen LogP) is 26.3. The molecular formula is C110H82BN9. The van der Waals surface area contributed by atoms with Gasteiger partial charge in [-0.05, 0) is 206 Å². The van der Waals surface area contributed by atoms with Crippen LogP contribution in [0.15, 0.2) is 388 Å². The molecule has 0 N–H and O–H groups in total. The summed E-state index contributed by atoms with van der Waals surface area (Å²) in [5.41, 5.74) is 32.5. The first-order valence-corrected chi connectivity index (χ1v) is 41.9. The van der Waals surface area contributed by atoms with Crippen LogP contribution in [-0.4, -0.2) is 41.2 Å². The third-order valence-electron chi connectivity index (χ3n) is 23.8. The molecule has 0 fully saturated rings. The van der Waals surface area contributed by atoms with Crippen molar-refractivity contribution in [3.8, 4) is 130 Å². The molecule has 0 bridgehead atoms. The molecule has 570 valence electrons. The fourth-order valence-electron chi connectivity index (χ4n) is 17.9. The van der Waals surface area contributed by atoms with Crippen molar-refractivity contribution in [2.45, 2.75) is 52.4 Å². The lowest BCUT2D eigenvalue weighted by molar-refractivity contribution is 0.795. The molecular weight excluding hydrogens is 1460 g/mol. The van der Waals surface area contributed by atoms with E-state index in [2.05, 4.69) is 319 Å². The largest absolute Gasteiger partial charge is 0.311 e. The summed E-state index contributed by atoms with van der Waals surface area (Å²) < 4.78 is 2.40. The standard InChI is InChI=1S/C110H82BN9/c1-3-5-33-73-53-57-95-100(61-73)118(90-65-85(75-35-15-7-16-36-75)63-86(66-90)76-37-17-8-18-38-76)102-71-89(72-103-104(102)111(95)96-58-54-74(34-6-4-2)62-101(96)119(103)91-67-87(77-39-19-9-20-40-77)64-88(68-91)78-41-21-10-22-42-78)83-55-59-98-93(69-83)92-51-31-32-52-97(92)120(98)99-60-56-84(109-114-105(79-43-23-11-24-44-79)112-106(115-109)80-45-25-12-26-46-80)70-94(99)110-116-107(81-47-27-13-28-48-81)113-108(117-110)82-49-29-14-30-50-82/h7-32,35-72H,3-6,33-34H2,1-2H3. The molecule has 5 heterocycles. The van der Waals surface area contributed by atoms with E-state index in [9.17, 15) is 0 Å². The van der Waals surface area contributed by atoms with Crippen molar-refractivity contribution >= 4 is 79.0 Å². The van der Waals surface area contributed by atoms with Gasteiger partial charge in [0.2, 0.25) is 0 Å².